The maximum atomic E-state index is 12.8. The second kappa shape index (κ2) is 10.3. The van der Waals surface area contributed by atoms with Gasteiger partial charge >= 0.3 is 5.97 Å². The summed E-state index contributed by atoms with van der Waals surface area (Å²) in [6.45, 7) is 7.83. The van der Waals surface area contributed by atoms with Crippen LogP contribution in [0.15, 0.2) is 40.9 Å². The molecular weight excluding hydrogens is 472 g/mol. The van der Waals surface area contributed by atoms with E-state index in [4.69, 9.17) is 4.74 Å². The van der Waals surface area contributed by atoms with Gasteiger partial charge in [0, 0.05) is 36.0 Å². The molecule has 3 aromatic heterocycles. The van der Waals surface area contributed by atoms with E-state index in [0.29, 0.717) is 39.6 Å². The first kappa shape index (κ1) is 23.8. The van der Waals surface area contributed by atoms with Crippen molar-refractivity contribution in [2.24, 2.45) is 0 Å². The number of benzene rings is 1. The Morgan fingerprint density at radius 1 is 1.18 bits per heavy atom. The van der Waals surface area contributed by atoms with Gasteiger partial charge < -0.3 is 4.74 Å². The molecule has 176 valence electrons. The number of aromatic nitrogens is 5. The Bertz CT molecular complexity index is 1350. The van der Waals surface area contributed by atoms with Crippen molar-refractivity contribution in [3.63, 3.8) is 0 Å². The molecule has 0 saturated carbocycles. The maximum absolute atomic E-state index is 12.8. The lowest BCUT2D eigenvalue weighted by Gasteiger charge is -2.14. The topological polar surface area (TPSA) is 103 Å². The van der Waals surface area contributed by atoms with Gasteiger partial charge in [-0.1, -0.05) is 30.0 Å². The summed E-state index contributed by atoms with van der Waals surface area (Å²) in [6, 6.07) is 9.27. The number of ether oxygens (including phenoxy) is 1. The van der Waals surface area contributed by atoms with Crippen molar-refractivity contribution in [1.82, 2.24) is 24.6 Å². The lowest BCUT2D eigenvalue weighted by atomic mass is 10.1. The molecular formula is C23H24N6O3S2. The number of nitrogens with zero attached hydrogens (tertiary/aromatic N) is 6. The third-order valence-electron chi connectivity index (χ3n) is 5.01. The number of amides is 1. The van der Waals surface area contributed by atoms with Crippen LogP contribution >= 0.6 is 23.1 Å². The first-order chi connectivity index (χ1) is 16.4. The van der Waals surface area contributed by atoms with Crippen molar-refractivity contribution >= 4 is 45.9 Å². The summed E-state index contributed by atoms with van der Waals surface area (Å²) in [5.74, 6) is 0.556. The van der Waals surface area contributed by atoms with Gasteiger partial charge in [-0.3, -0.25) is 9.69 Å². The standard InChI is InChI=1S/C23H24N6O3S2/c1-5-28(16(4)30)23-25-18(13-34-23)11-32-20(31)19-9-7-6-8-17(19)12-33-22-26-21-24-14(2)10-15(3)29(21)27-22/h6-10,13H,5,11-12H2,1-4H3. The molecule has 0 spiro atoms. The molecule has 4 aromatic rings. The molecule has 0 atom stereocenters. The highest BCUT2D eigenvalue weighted by molar-refractivity contribution is 7.98. The lowest BCUT2D eigenvalue weighted by Crippen LogP contribution is -2.27. The maximum Gasteiger partial charge on any atom is 0.338 e. The van der Waals surface area contributed by atoms with Crippen molar-refractivity contribution in [3.8, 4) is 0 Å². The van der Waals surface area contributed by atoms with E-state index in [1.54, 1.807) is 26.9 Å². The minimum atomic E-state index is -0.430. The Morgan fingerprint density at radius 2 is 1.97 bits per heavy atom. The van der Waals surface area contributed by atoms with Crippen molar-refractivity contribution in [2.45, 2.75) is 45.2 Å². The van der Waals surface area contributed by atoms with Crippen LogP contribution in [0.4, 0.5) is 5.13 Å². The first-order valence-electron chi connectivity index (χ1n) is 10.7. The van der Waals surface area contributed by atoms with Gasteiger partial charge in [0.15, 0.2) is 5.13 Å². The number of hydrogen-bond donors (Lipinski definition) is 0. The molecule has 4 rings (SSSR count). The van der Waals surface area contributed by atoms with Gasteiger partial charge in [0.25, 0.3) is 5.78 Å². The third kappa shape index (κ3) is 5.26. The minimum Gasteiger partial charge on any atom is -0.456 e. The Kier molecular flexibility index (Phi) is 7.23. The monoisotopic (exact) mass is 496 g/mol. The SMILES string of the molecule is CCN(C(C)=O)c1nc(COC(=O)c2ccccc2CSc2nc3nc(C)cc(C)n3n2)cs1. The number of carbonyl (C=O) groups is 2. The largest absolute Gasteiger partial charge is 0.456 e. The minimum absolute atomic E-state index is 0.0323. The van der Waals surface area contributed by atoms with Crippen LogP contribution in [0.1, 0.15) is 46.9 Å². The van der Waals surface area contributed by atoms with Crippen molar-refractivity contribution in [1.29, 1.82) is 0 Å². The summed E-state index contributed by atoms with van der Waals surface area (Å²) in [6.07, 6.45) is 0. The van der Waals surface area contributed by atoms with Crippen LogP contribution in [-0.4, -0.2) is 43.0 Å². The first-order valence-corrected chi connectivity index (χ1v) is 12.5. The van der Waals surface area contributed by atoms with Crippen molar-refractivity contribution in [3.05, 3.63) is 63.9 Å². The van der Waals surface area contributed by atoms with Crippen LogP contribution in [-0.2, 0) is 21.9 Å². The van der Waals surface area contributed by atoms with E-state index in [1.165, 1.54) is 30.0 Å². The van der Waals surface area contributed by atoms with Crippen LogP contribution in [0, 0.1) is 13.8 Å². The number of thioether (sulfide) groups is 1. The second-order valence-corrected chi connectivity index (χ2v) is 9.33. The fourth-order valence-electron chi connectivity index (χ4n) is 3.39. The zero-order valence-electron chi connectivity index (χ0n) is 19.3. The Labute approximate surface area is 205 Å². The summed E-state index contributed by atoms with van der Waals surface area (Å²) >= 11 is 2.78. The molecule has 0 aliphatic heterocycles. The van der Waals surface area contributed by atoms with E-state index < -0.39 is 5.97 Å². The highest BCUT2D eigenvalue weighted by Gasteiger charge is 2.17. The predicted molar refractivity (Wildman–Crippen MR) is 131 cm³/mol. The van der Waals surface area contributed by atoms with Gasteiger partial charge in [-0.2, -0.15) is 4.98 Å². The van der Waals surface area contributed by atoms with Gasteiger partial charge in [-0.25, -0.2) is 19.3 Å². The second-order valence-electron chi connectivity index (χ2n) is 7.55. The van der Waals surface area contributed by atoms with Gasteiger partial charge in [0.2, 0.25) is 11.1 Å². The summed E-state index contributed by atoms with van der Waals surface area (Å²) in [7, 11) is 0. The van der Waals surface area contributed by atoms with Gasteiger partial charge in [0.1, 0.15) is 6.61 Å². The molecule has 1 aromatic carbocycles. The summed E-state index contributed by atoms with van der Waals surface area (Å²) in [4.78, 5) is 39.4. The van der Waals surface area contributed by atoms with Crippen LogP contribution in [0.3, 0.4) is 0 Å². The van der Waals surface area contributed by atoms with E-state index in [-0.39, 0.29) is 12.5 Å². The molecule has 0 aliphatic carbocycles. The Balaban J connectivity index is 1.42. The Morgan fingerprint density at radius 3 is 2.74 bits per heavy atom. The lowest BCUT2D eigenvalue weighted by molar-refractivity contribution is -0.116. The zero-order valence-corrected chi connectivity index (χ0v) is 20.9. The molecule has 0 saturated heterocycles. The summed E-state index contributed by atoms with van der Waals surface area (Å²) in [5, 5.41) is 7.49. The molecule has 11 heteroatoms. The molecule has 0 N–H and O–H groups in total. The highest BCUT2D eigenvalue weighted by atomic mass is 32.2. The smallest absolute Gasteiger partial charge is 0.338 e. The molecule has 1 amide bonds. The van der Waals surface area contributed by atoms with E-state index in [9.17, 15) is 9.59 Å². The van der Waals surface area contributed by atoms with E-state index in [0.717, 1.165) is 17.0 Å². The van der Waals surface area contributed by atoms with Gasteiger partial charge in [-0.15, -0.1) is 16.4 Å². The molecule has 34 heavy (non-hydrogen) atoms. The van der Waals surface area contributed by atoms with Crippen molar-refractivity contribution in [2.75, 3.05) is 11.4 Å². The normalized spacial score (nSPS) is 11.1. The van der Waals surface area contributed by atoms with E-state index in [2.05, 4.69) is 20.1 Å². The van der Waals surface area contributed by atoms with Crippen LogP contribution in [0.2, 0.25) is 0 Å². The quantitative estimate of drug-likeness (QED) is 0.264. The molecule has 0 fully saturated rings. The summed E-state index contributed by atoms with van der Waals surface area (Å²) < 4.78 is 7.23. The molecule has 9 nitrogen and oxygen atoms in total. The van der Waals surface area contributed by atoms with E-state index in [1.807, 2.05) is 39.0 Å². The van der Waals surface area contributed by atoms with Gasteiger partial charge in [-0.05, 0) is 38.5 Å². The number of rotatable bonds is 8. The van der Waals surface area contributed by atoms with Crippen LogP contribution in [0.25, 0.3) is 5.78 Å². The van der Waals surface area contributed by atoms with Gasteiger partial charge in [0.05, 0.1) is 11.3 Å². The number of carbonyl (C=O) groups excluding carboxylic acids is 2. The average molecular weight is 497 g/mol. The number of esters is 1. The fraction of sp³-hybridized carbons (Fsp3) is 0.304. The van der Waals surface area contributed by atoms with Crippen LogP contribution < -0.4 is 4.90 Å². The molecule has 0 radical (unpaired) electrons. The number of fused-ring (bicyclic) bond motifs is 1. The highest BCUT2D eigenvalue weighted by Crippen LogP contribution is 2.24. The van der Waals surface area contributed by atoms with Crippen molar-refractivity contribution < 1.29 is 14.3 Å². The fourth-order valence-corrected chi connectivity index (χ4v) is 5.13. The summed E-state index contributed by atoms with van der Waals surface area (Å²) in [5.41, 5.74) is 3.76. The predicted octanol–water partition coefficient (Wildman–Crippen LogP) is 4.22. The average Bonchev–Trinajstić information content (AvgIpc) is 3.43. The zero-order chi connectivity index (χ0) is 24.2. The molecule has 0 bridgehead atoms. The molecule has 0 aliphatic rings. The molecule has 0 unspecified atom stereocenters. The Hall–Kier alpha value is -3.31. The van der Waals surface area contributed by atoms with Crippen LogP contribution in [0.5, 0.6) is 0 Å². The number of aryl methyl sites for hydroxylation is 2. The van der Waals surface area contributed by atoms with E-state index >= 15 is 0 Å². The number of thiazole rings is 1. The number of anilines is 1. The third-order valence-corrected chi connectivity index (χ3v) is 6.81. The molecule has 3 heterocycles. The number of hydrogen-bond acceptors (Lipinski definition) is 9.